The quantitative estimate of drug-likeness (QED) is 0.621. The molecule has 0 saturated carbocycles. The fourth-order valence-corrected chi connectivity index (χ4v) is 3.29. The van der Waals surface area contributed by atoms with Gasteiger partial charge in [-0.05, 0) is 37.6 Å². The van der Waals surface area contributed by atoms with E-state index in [0.29, 0.717) is 16.8 Å². The number of fused-ring (bicyclic) bond motifs is 1. The molecule has 5 heteroatoms. The number of anilines is 1. The SMILES string of the molecule is CCOC(=O)C(C(C)=O)C1c2ccccc2C(=O)N1c1ccccc1. The van der Waals surface area contributed by atoms with Gasteiger partial charge < -0.3 is 4.74 Å². The number of carbonyl (C=O) groups is 3. The van der Waals surface area contributed by atoms with Crippen molar-refractivity contribution in [3.8, 4) is 0 Å². The van der Waals surface area contributed by atoms with Gasteiger partial charge in [-0.25, -0.2) is 0 Å². The molecule has 0 aliphatic carbocycles. The molecule has 2 atom stereocenters. The van der Waals surface area contributed by atoms with Gasteiger partial charge in [0.05, 0.1) is 12.6 Å². The van der Waals surface area contributed by atoms with Crippen molar-refractivity contribution in [1.82, 2.24) is 0 Å². The monoisotopic (exact) mass is 337 g/mol. The normalized spacial score (nSPS) is 17.1. The molecule has 2 unspecified atom stereocenters. The lowest BCUT2D eigenvalue weighted by Gasteiger charge is -2.29. The maximum Gasteiger partial charge on any atom is 0.318 e. The number of carbonyl (C=O) groups excluding carboxylic acids is 3. The first kappa shape index (κ1) is 16.9. The summed E-state index contributed by atoms with van der Waals surface area (Å²) in [5, 5.41) is 0. The molecule has 0 aromatic heterocycles. The maximum atomic E-state index is 13.0. The highest BCUT2D eigenvalue weighted by Gasteiger charge is 2.47. The Bertz CT molecular complexity index is 815. The van der Waals surface area contributed by atoms with Gasteiger partial charge in [0.25, 0.3) is 5.91 Å². The molecule has 0 N–H and O–H groups in total. The summed E-state index contributed by atoms with van der Waals surface area (Å²) in [7, 11) is 0. The molecule has 0 saturated heterocycles. The summed E-state index contributed by atoms with van der Waals surface area (Å²) in [6, 6.07) is 15.4. The highest BCUT2D eigenvalue weighted by atomic mass is 16.5. The second-order valence-electron chi connectivity index (χ2n) is 5.88. The number of ketones is 1. The molecule has 1 aliphatic rings. The van der Waals surface area contributed by atoms with Crippen molar-refractivity contribution in [3.05, 3.63) is 65.7 Å². The van der Waals surface area contributed by atoms with Crippen LogP contribution in [0, 0.1) is 5.92 Å². The predicted octanol–water partition coefficient (Wildman–Crippen LogP) is 3.16. The van der Waals surface area contributed by atoms with Gasteiger partial charge >= 0.3 is 5.97 Å². The lowest BCUT2D eigenvalue weighted by molar-refractivity contribution is -0.152. The lowest BCUT2D eigenvalue weighted by Crippen LogP contribution is -2.39. The molecule has 1 aliphatic heterocycles. The van der Waals surface area contributed by atoms with E-state index in [1.165, 1.54) is 11.8 Å². The molecule has 0 radical (unpaired) electrons. The van der Waals surface area contributed by atoms with Crippen LogP contribution < -0.4 is 4.90 Å². The lowest BCUT2D eigenvalue weighted by atomic mass is 9.89. The predicted molar refractivity (Wildman–Crippen MR) is 93.2 cm³/mol. The molecular weight excluding hydrogens is 318 g/mol. The van der Waals surface area contributed by atoms with Crippen molar-refractivity contribution in [2.75, 3.05) is 11.5 Å². The van der Waals surface area contributed by atoms with Crippen molar-refractivity contribution in [3.63, 3.8) is 0 Å². The summed E-state index contributed by atoms with van der Waals surface area (Å²) in [6.07, 6.45) is 0. The second kappa shape index (κ2) is 6.89. The summed E-state index contributed by atoms with van der Waals surface area (Å²) in [6.45, 7) is 3.23. The minimum Gasteiger partial charge on any atom is -0.465 e. The highest BCUT2D eigenvalue weighted by Crippen LogP contribution is 2.42. The number of nitrogens with zero attached hydrogens (tertiary/aromatic N) is 1. The van der Waals surface area contributed by atoms with E-state index in [1.807, 2.05) is 18.2 Å². The molecule has 5 nitrogen and oxygen atoms in total. The zero-order valence-corrected chi connectivity index (χ0v) is 14.1. The number of para-hydroxylation sites is 1. The van der Waals surface area contributed by atoms with E-state index >= 15 is 0 Å². The summed E-state index contributed by atoms with van der Waals surface area (Å²) in [5.41, 5.74) is 1.82. The standard InChI is InChI=1S/C20H19NO4/c1-3-25-20(24)17(13(2)22)18-15-11-7-8-12-16(15)19(23)21(18)14-9-5-4-6-10-14/h4-12,17-18H,3H2,1-2H3. The Labute approximate surface area is 146 Å². The van der Waals surface area contributed by atoms with E-state index < -0.39 is 17.9 Å². The first-order chi connectivity index (χ1) is 12.1. The summed E-state index contributed by atoms with van der Waals surface area (Å²) >= 11 is 0. The highest BCUT2D eigenvalue weighted by molar-refractivity contribution is 6.13. The van der Waals surface area contributed by atoms with Gasteiger partial charge in [0.15, 0.2) is 0 Å². The van der Waals surface area contributed by atoms with E-state index in [4.69, 9.17) is 4.74 Å². The molecular formula is C20H19NO4. The largest absolute Gasteiger partial charge is 0.465 e. The van der Waals surface area contributed by atoms with Crippen molar-refractivity contribution in [2.45, 2.75) is 19.9 Å². The number of amides is 1. The van der Waals surface area contributed by atoms with Crippen LogP contribution in [-0.2, 0) is 14.3 Å². The molecule has 0 fully saturated rings. The molecule has 3 rings (SSSR count). The van der Waals surface area contributed by atoms with Gasteiger partial charge in [-0.3, -0.25) is 19.3 Å². The van der Waals surface area contributed by atoms with Gasteiger partial charge in [-0.15, -0.1) is 0 Å². The molecule has 0 bridgehead atoms. The number of benzene rings is 2. The fraction of sp³-hybridized carbons (Fsp3) is 0.250. The van der Waals surface area contributed by atoms with Crippen LogP contribution in [0.2, 0.25) is 0 Å². The first-order valence-corrected chi connectivity index (χ1v) is 8.21. The van der Waals surface area contributed by atoms with Crippen LogP contribution in [0.15, 0.2) is 54.6 Å². The van der Waals surface area contributed by atoms with Gasteiger partial charge in [0.1, 0.15) is 11.7 Å². The Morgan fingerprint density at radius 2 is 1.72 bits per heavy atom. The Kier molecular flexibility index (Phi) is 4.65. The van der Waals surface area contributed by atoms with Gasteiger partial charge in [-0.2, -0.15) is 0 Å². The van der Waals surface area contributed by atoms with Crippen LogP contribution in [0.1, 0.15) is 35.8 Å². The Hall–Kier alpha value is -2.95. The van der Waals surface area contributed by atoms with Crippen molar-refractivity contribution in [2.24, 2.45) is 5.92 Å². The number of rotatable bonds is 5. The third kappa shape index (κ3) is 2.93. The van der Waals surface area contributed by atoms with Crippen LogP contribution in [0.5, 0.6) is 0 Å². The smallest absolute Gasteiger partial charge is 0.318 e. The number of hydrogen-bond acceptors (Lipinski definition) is 4. The molecule has 1 amide bonds. The van der Waals surface area contributed by atoms with Crippen LogP contribution in [-0.4, -0.2) is 24.3 Å². The Morgan fingerprint density at radius 3 is 2.36 bits per heavy atom. The second-order valence-corrected chi connectivity index (χ2v) is 5.88. The minimum absolute atomic E-state index is 0.177. The fourth-order valence-electron chi connectivity index (χ4n) is 3.29. The maximum absolute atomic E-state index is 13.0. The van der Waals surface area contributed by atoms with Gasteiger partial charge in [0, 0.05) is 11.3 Å². The molecule has 2 aromatic rings. The summed E-state index contributed by atoms with van der Waals surface area (Å²) in [5.74, 6) is -2.21. The van der Waals surface area contributed by atoms with E-state index in [9.17, 15) is 14.4 Å². The average molecular weight is 337 g/mol. The molecule has 0 spiro atoms. The Balaban J connectivity index is 2.16. The molecule has 2 aromatic carbocycles. The Morgan fingerprint density at radius 1 is 1.08 bits per heavy atom. The zero-order valence-electron chi connectivity index (χ0n) is 14.1. The topological polar surface area (TPSA) is 63.7 Å². The molecule has 1 heterocycles. The number of ether oxygens (including phenoxy) is 1. The van der Waals surface area contributed by atoms with Crippen molar-refractivity contribution >= 4 is 23.3 Å². The van der Waals surface area contributed by atoms with Gasteiger partial charge in [-0.1, -0.05) is 36.4 Å². The first-order valence-electron chi connectivity index (χ1n) is 8.21. The van der Waals surface area contributed by atoms with Crippen LogP contribution >= 0.6 is 0 Å². The zero-order chi connectivity index (χ0) is 18.0. The molecule has 128 valence electrons. The average Bonchev–Trinajstić information content (AvgIpc) is 2.89. The molecule has 25 heavy (non-hydrogen) atoms. The minimum atomic E-state index is -1.06. The van der Waals surface area contributed by atoms with E-state index in [2.05, 4.69) is 0 Å². The number of Topliss-reactive ketones (excluding diaryl/α,β-unsaturated/α-hetero) is 1. The number of esters is 1. The third-order valence-electron chi connectivity index (χ3n) is 4.34. The number of hydrogen-bond donors (Lipinski definition) is 0. The van der Waals surface area contributed by atoms with Crippen molar-refractivity contribution < 1.29 is 19.1 Å². The third-order valence-corrected chi connectivity index (χ3v) is 4.34. The van der Waals surface area contributed by atoms with Gasteiger partial charge in [0.2, 0.25) is 0 Å². The van der Waals surface area contributed by atoms with E-state index in [-0.39, 0.29) is 18.3 Å². The van der Waals surface area contributed by atoms with Crippen LogP contribution in [0.3, 0.4) is 0 Å². The van der Waals surface area contributed by atoms with Crippen molar-refractivity contribution in [1.29, 1.82) is 0 Å². The van der Waals surface area contributed by atoms with Crippen LogP contribution in [0.4, 0.5) is 5.69 Å². The van der Waals surface area contributed by atoms with E-state index in [0.717, 1.165) is 0 Å². The van der Waals surface area contributed by atoms with Crippen LogP contribution in [0.25, 0.3) is 0 Å². The summed E-state index contributed by atoms with van der Waals surface area (Å²) < 4.78 is 5.11. The van der Waals surface area contributed by atoms with E-state index in [1.54, 1.807) is 43.3 Å². The summed E-state index contributed by atoms with van der Waals surface area (Å²) in [4.78, 5) is 39.3.